The number of nitrogens with zero attached hydrogens (tertiary/aromatic N) is 3. The van der Waals surface area contributed by atoms with Gasteiger partial charge in [-0.05, 0) is 56.6 Å². The van der Waals surface area contributed by atoms with Crippen molar-refractivity contribution in [2.45, 2.75) is 63.4 Å². The van der Waals surface area contributed by atoms with E-state index < -0.39 is 55.5 Å². The number of hydrogen-bond acceptors (Lipinski definition) is 11. The number of benzene rings is 3. The predicted octanol–water partition coefficient (Wildman–Crippen LogP) is 2.38. The minimum absolute atomic E-state index is 0.0302. The molecule has 0 unspecified atom stereocenters. The van der Waals surface area contributed by atoms with Crippen LogP contribution in [0.4, 0.5) is 16.2 Å². The Balaban J connectivity index is 0.000000428. The molecule has 1 aliphatic heterocycles. The normalized spacial score (nSPS) is 16.8. The first kappa shape index (κ1) is 41.7. The van der Waals surface area contributed by atoms with Gasteiger partial charge < -0.3 is 41.3 Å². The highest BCUT2D eigenvalue weighted by molar-refractivity contribution is 6.14. The van der Waals surface area contributed by atoms with Crippen LogP contribution in [0, 0.1) is 12.8 Å². The van der Waals surface area contributed by atoms with E-state index in [1.165, 1.54) is 23.1 Å². The second kappa shape index (κ2) is 19.9. The second-order valence-electron chi connectivity index (χ2n) is 13.3. The van der Waals surface area contributed by atoms with Crippen molar-refractivity contribution in [3.05, 3.63) is 95.1 Å². The zero-order chi connectivity index (χ0) is 39.4. The van der Waals surface area contributed by atoms with Gasteiger partial charge in [-0.2, -0.15) is 5.10 Å². The number of nitrogens with one attached hydrogen (secondary N) is 2. The number of anilines is 2. The van der Waals surface area contributed by atoms with E-state index in [-0.39, 0.29) is 30.4 Å². The summed E-state index contributed by atoms with van der Waals surface area (Å²) in [5.74, 6) is -1.76. The van der Waals surface area contributed by atoms with Crippen molar-refractivity contribution in [2.75, 3.05) is 43.5 Å². The zero-order valence-corrected chi connectivity index (χ0v) is 30.3. The third-order valence-corrected chi connectivity index (χ3v) is 9.32. The molecule has 8 N–H and O–H groups in total. The first-order chi connectivity index (χ1) is 25.9. The number of aliphatic hydroxyl groups excluding tert-OH is 5. The summed E-state index contributed by atoms with van der Waals surface area (Å²) in [6.07, 6.45) is -0.559. The van der Waals surface area contributed by atoms with E-state index in [1.54, 1.807) is 25.2 Å². The molecule has 5 rings (SSSR count). The molecule has 54 heavy (non-hydrogen) atoms. The van der Waals surface area contributed by atoms with Crippen molar-refractivity contribution < 1.29 is 49.8 Å². The Bertz CT molecular complexity index is 1800. The van der Waals surface area contributed by atoms with Crippen LogP contribution in [0.3, 0.4) is 0 Å². The number of Topliss-reactive ketones (excluding diaryl/α,β-unsaturated/α-hetero) is 1. The van der Waals surface area contributed by atoms with Gasteiger partial charge in [0.1, 0.15) is 24.9 Å². The molecule has 3 aromatic carbocycles. The summed E-state index contributed by atoms with van der Waals surface area (Å²) in [4.78, 5) is 53.4. The van der Waals surface area contributed by atoms with Crippen molar-refractivity contribution in [3.8, 4) is 0 Å². The van der Waals surface area contributed by atoms with Crippen LogP contribution in [0.2, 0.25) is 0 Å². The number of hydrogen-bond donors (Lipinski definition) is 8. The Morgan fingerprint density at radius 3 is 2.20 bits per heavy atom. The standard InChI is InChI=1S/C32H32N4O5.C7H17NO5/c1-21-10-5-6-15-25(21)28(37)19-35-27-17-8-7-16-26(27)30(22-11-3-2-4-12-22)34-36(32(35)41)20-29(38)33-24-14-9-13-23(18-24)31(39)40;1-8-2-4(10)6(12)7(13)5(11)3-9/h5-10,13-18,22H,2-4,11-12,19-20H2,1H3,(H,33,38)(H,39,40);4-13H,2-3H2,1H3/t;4-,5+,6+,7+/m.0/s1. The van der Waals surface area contributed by atoms with Gasteiger partial charge in [0.25, 0.3) is 0 Å². The van der Waals surface area contributed by atoms with Crippen molar-refractivity contribution in [3.63, 3.8) is 0 Å². The summed E-state index contributed by atoms with van der Waals surface area (Å²) in [5.41, 5.74) is 3.76. The fourth-order valence-corrected chi connectivity index (χ4v) is 6.40. The SMILES string of the molecule is CNC[C@H](O)[C@@H](O)[C@H](O)[C@H](O)CO.Cc1ccccc1C(=O)CN1C(=O)N(CC(=O)Nc2cccc(C(=O)O)c2)N=C(C2CCCCC2)c2ccccc21. The largest absolute Gasteiger partial charge is 0.478 e. The van der Waals surface area contributed by atoms with Gasteiger partial charge in [-0.1, -0.05) is 67.8 Å². The smallest absolute Gasteiger partial charge is 0.345 e. The second-order valence-corrected chi connectivity index (χ2v) is 13.3. The molecule has 0 aromatic heterocycles. The number of fused-ring (bicyclic) bond motifs is 1. The van der Waals surface area contributed by atoms with E-state index in [4.69, 9.17) is 25.5 Å². The number of aryl methyl sites for hydroxylation is 1. The number of aliphatic hydroxyl groups is 5. The lowest BCUT2D eigenvalue weighted by Gasteiger charge is -2.26. The van der Waals surface area contributed by atoms with E-state index in [2.05, 4.69) is 10.6 Å². The number of para-hydroxylation sites is 1. The number of urea groups is 1. The number of carboxylic acids is 1. The van der Waals surface area contributed by atoms with Crippen LogP contribution in [0.15, 0.2) is 77.9 Å². The summed E-state index contributed by atoms with van der Waals surface area (Å²) in [5, 5.41) is 65.4. The van der Waals surface area contributed by atoms with E-state index in [0.717, 1.165) is 54.0 Å². The highest BCUT2D eigenvalue weighted by Crippen LogP contribution is 2.34. The molecule has 0 saturated heterocycles. The fourth-order valence-electron chi connectivity index (χ4n) is 6.40. The Labute approximate surface area is 313 Å². The number of carbonyl (C=O) groups excluding carboxylic acids is 3. The van der Waals surface area contributed by atoms with Gasteiger partial charge in [0.05, 0.1) is 36.2 Å². The average molecular weight is 748 g/mol. The molecule has 1 fully saturated rings. The number of aromatic carboxylic acids is 1. The molecule has 3 aromatic rings. The van der Waals surface area contributed by atoms with E-state index in [9.17, 15) is 29.4 Å². The molecule has 0 bridgehead atoms. The summed E-state index contributed by atoms with van der Waals surface area (Å²) in [6, 6.07) is 20.0. The lowest BCUT2D eigenvalue weighted by Crippen LogP contribution is -2.48. The van der Waals surface area contributed by atoms with Gasteiger partial charge in [-0.25, -0.2) is 14.6 Å². The lowest BCUT2D eigenvalue weighted by molar-refractivity contribution is -0.116. The first-order valence-electron chi connectivity index (χ1n) is 17.8. The quantitative estimate of drug-likeness (QED) is 0.112. The number of ketones is 1. The van der Waals surface area contributed by atoms with E-state index in [1.807, 2.05) is 43.3 Å². The molecule has 2 aliphatic rings. The molecule has 0 spiro atoms. The van der Waals surface area contributed by atoms with E-state index in [0.29, 0.717) is 16.9 Å². The van der Waals surface area contributed by atoms with Crippen LogP contribution >= 0.6 is 0 Å². The highest BCUT2D eigenvalue weighted by Gasteiger charge is 2.35. The first-order valence-corrected chi connectivity index (χ1v) is 17.8. The zero-order valence-electron chi connectivity index (χ0n) is 30.3. The van der Waals surface area contributed by atoms with Gasteiger partial charge >= 0.3 is 12.0 Å². The van der Waals surface area contributed by atoms with Crippen LogP contribution in [-0.4, -0.2) is 123 Å². The van der Waals surface area contributed by atoms with Gasteiger partial charge in [0, 0.05) is 29.3 Å². The lowest BCUT2D eigenvalue weighted by atomic mass is 9.83. The third-order valence-electron chi connectivity index (χ3n) is 9.32. The minimum atomic E-state index is -1.55. The molecule has 3 amide bonds. The summed E-state index contributed by atoms with van der Waals surface area (Å²) in [7, 11) is 1.57. The molecule has 1 aliphatic carbocycles. The van der Waals surface area contributed by atoms with E-state index >= 15 is 0 Å². The number of likely N-dealkylation sites (N-methyl/N-ethyl adjacent to an activating group) is 1. The number of carbonyl (C=O) groups is 4. The topological polar surface area (TPSA) is 233 Å². The Kier molecular flexibility index (Phi) is 15.4. The number of rotatable bonds is 14. The Morgan fingerprint density at radius 1 is 0.870 bits per heavy atom. The van der Waals surface area contributed by atoms with Crippen LogP contribution in [0.25, 0.3) is 0 Å². The Hall–Kier alpha value is -5.03. The summed E-state index contributed by atoms with van der Waals surface area (Å²) >= 11 is 0. The molecular weight excluding hydrogens is 698 g/mol. The molecular formula is C39H49N5O10. The van der Waals surface area contributed by atoms with Crippen molar-refractivity contribution >= 4 is 40.8 Å². The molecule has 0 radical (unpaired) electrons. The maximum Gasteiger partial charge on any atom is 0.345 e. The molecule has 1 saturated carbocycles. The van der Waals surface area contributed by atoms with Gasteiger partial charge in [-0.15, -0.1) is 0 Å². The van der Waals surface area contributed by atoms with Crippen molar-refractivity contribution in [2.24, 2.45) is 11.0 Å². The minimum Gasteiger partial charge on any atom is -0.478 e. The molecule has 290 valence electrons. The van der Waals surface area contributed by atoms with Crippen LogP contribution in [-0.2, 0) is 4.79 Å². The van der Waals surface area contributed by atoms with Gasteiger partial charge in [0.15, 0.2) is 5.78 Å². The fraction of sp³-hybridized carbons (Fsp3) is 0.410. The van der Waals surface area contributed by atoms with Gasteiger partial charge in [0.2, 0.25) is 5.91 Å². The summed E-state index contributed by atoms with van der Waals surface area (Å²) < 4.78 is 0. The monoisotopic (exact) mass is 747 g/mol. The molecule has 15 heteroatoms. The third kappa shape index (κ3) is 10.8. The van der Waals surface area contributed by atoms with Gasteiger partial charge in [-0.3, -0.25) is 14.5 Å². The summed E-state index contributed by atoms with van der Waals surface area (Å²) in [6.45, 7) is 0.662. The molecule has 15 nitrogen and oxygen atoms in total. The number of carboxylic acid groups (broad SMARTS) is 1. The number of amides is 3. The van der Waals surface area contributed by atoms with Crippen LogP contribution in [0.1, 0.15) is 63.9 Å². The molecule has 1 heterocycles. The average Bonchev–Trinajstić information content (AvgIpc) is 3.28. The maximum absolute atomic E-state index is 14.1. The maximum atomic E-state index is 14.1. The van der Waals surface area contributed by atoms with Crippen molar-refractivity contribution in [1.29, 1.82) is 0 Å². The number of hydrazone groups is 1. The van der Waals surface area contributed by atoms with Crippen LogP contribution < -0.4 is 15.5 Å². The molecule has 4 atom stereocenters. The van der Waals surface area contributed by atoms with Crippen LogP contribution in [0.5, 0.6) is 0 Å². The van der Waals surface area contributed by atoms with Crippen molar-refractivity contribution in [1.82, 2.24) is 10.3 Å². The Morgan fingerprint density at radius 2 is 1.54 bits per heavy atom. The predicted molar refractivity (Wildman–Crippen MR) is 202 cm³/mol. The highest BCUT2D eigenvalue weighted by atomic mass is 16.4.